The lowest BCUT2D eigenvalue weighted by Gasteiger charge is -2.10. The predicted octanol–water partition coefficient (Wildman–Crippen LogP) is 3.50. The van der Waals surface area contributed by atoms with Crippen LogP contribution in [0.25, 0.3) is 0 Å². The zero-order valence-corrected chi connectivity index (χ0v) is 15.7. The zero-order chi connectivity index (χ0) is 19.9. The molecule has 1 amide bonds. The first kappa shape index (κ1) is 19.0. The molecule has 0 bridgehead atoms. The van der Waals surface area contributed by atoms with Gasteiger partial charge in [-0.05, 0) is 24.3 Å². The summed E-state index contributed by atoms with van der Waals surface area (Å²) in [7, 11) is 4.68. The Hall–Kier alpha value is -3.81. The first-order valence-corrected chi connectivity index (χ1v) is 8.39. The third-order valence-electron chi connectivity index (χ3n) is 3.87. The maximum Gasteiger partial charge on any atom is 0.275 e. The second kappa shape index (κ2) is 8.72. The Morgan fingerprint density at radius 1 is 0.857 bits per heavy atom. The first-order chi connectivity index (χ1) is 13.6. The summed E-state index contributed by atoms with van der Waals surface area (Å²) in [5, 5.41) is 5.86. The lowest BCUT2D eigenvalue weighted by Crippen LogP contribution is -2.14. The van der Waals surface area contributed by atoms with Crippen molar-refractivity contribution in [2.75, 3.05) is 32.0 Å². The third-order valence-corrected chi connectivity index (χ3v) is 3.87. The third kappa shape index (κ3) is 4.47. The number of hydrogen-bond acceptors (Lipinski definition) is 7. The van der Waals surface area contributed by atoms with Crippen LogP contribution in [0, 0.1) is 0 Å². The van der Waals surface area contributed by atoms with Gasteiger partial charge in [0.1, 0.15) is 17.3 Å². The van der Waals surface area contributed by atoms with Crippen molar-refractivity contribution in [1.82, 2.24) is 9.97 Å². The number of aromatic nitrogens is 2. The number of benzene rings is 2. The van der Waals surface area contributed by atoms with Gasteiger partial charge in [-0.1, -0.05) is 6.07 Å². The Kier molecular flexibility index (Phi) is 5.91. The summed E-state index contributed by atoms with van der Waals surface area (Å²) in [6.07, 6.45) is 2.89. The lowest BCUT2D eigenvalue weighted by atomic mass is 10.2. The number of carbonyl (C=O) groups is 1. The number of nitrogens with zero attached hydrogens (tertiary/aromatic N) is 2. The van der Waals surface area contributed by atoms with E-state index in [4.69, 9.17) is 14.2 Å². The van der Waals surface area contributed by atoms with Gasteiger partial charge in [0.05, 0.1) is 33.7 Å². The molecule has 2 N–H and O–H groups in total. The number of amides is 1. The van der Waals surface area contributed by atoms with Crippen molar-refractivity contribution in [3.05, 3.63) is 60.6 Å². The van der Waals surface area contributed by atoms with Gasteiger partial charge in [-0.15, -0.1) is 0 Å². The van der Waals surface area contributed by atoms with Crippen LogP contribution in [0.15, 0.2) is 54.9 Å². The van der Waals surface area contributed by atoms with Crippen LogP contribution >= 0.6 is 0 Å². The minimum atomic E-state index is -0.382. The van der Waals surface area contributed by atoms with E-state index in [-0.39, 0.29) is 11.6 Å². The van der Waals surface area contributed by atoms with E-state index < -0.39 is 0 Å². The van der Waals surface area contributed by atoms with E-state index in [1.165, 1.54) is 19.5 Å². The largest absolute Gasteiger partial charge is 0.497 e. The topological polar surface area (TPSA) is 94.6 Å². The molecule has 1 heterocycles. The second-order valence-electron chi connectivity index (χ2n) is 5.67. The molecule has 0 saturated heterocycles. The Morgan fingerprint density at radius 2 is 1.68 bits per heavy atom. The average molecular weight is 380 g/mol. The van der Waals surface area contributed by atoms with Crippen molar-refractivity contribution in [2.45, 2.75) is 0 Å². The monoisotopic (exact) mass is 380 g/mol. The van der Waals surface area contributed by atoms with Crippen LogP contribution in [0.5, 0.6) is 17.2 Å². The summed E-state index contributed by atoms with van der Waals surface area (Å²) in [5.41, 5.74) is 1.55. The van der Waals surface area contributed by atoms with Gasteiger partial charge in [0, 0.05) is 23.5 Å². The summed E-state index contributed by atoms with van der Waals surface area (Å²) in [6.45, 7) is 0. The van der Waals surface area contributed by atoms with Gasteiger partial charge in [0.25, 0.3) is 5.91 Å². The summed E-state index contributed by atoms with van der Waals surface area (Å²) in [6, 6.07) is 12.5. The fraction of sp³-hybridized carbons (Fsp3) is 0.150. The molecular weight excluding hydrogens is 360 g/mol. The standard InChI is InChI=1S/C20H20N4O4/c1-26-15-6-4-5-13(9-15)23-19-12-21-16(11-22-19)20(25)24-14-7-8-17(27-2)18(10-14)28-3/h4-12H,1-3H3,(H,22,23)(H,24,25). The highest BCUT2D eigenvalue weighted by Gasteiger charge is 2.11. The van der Waals surface area contributed by atoms with Crippen LogP contribution in [0.1, 0.15) is 10.5 Å². The molecule has 1 aromatic heterocycles. The number of methoxy groups -OCH3 is 3. The molecule has 3 aromatic rings. The van der Waals surface area contributed by atoms with E-state index >= 15 is 0 Å². The predicted molar refractivity (Wildman–Crippen MR) is 106 cm³/mol. The number of carbonyl (C=O) groups excluding carboxylic acids is 1. The van der Waals surface area contributed by atoms with Crippen molar-refractivity contribution >= 4 is 23.1 Å². The molecule has 8 nitrogen and oxygen atoms in total. The molecule has 3 rings (SSSR count). The van der Waals surface area contributed by atoms with Gasteiger partial charge in [0.2, 0.25) is 0 Å². The van der Waals surface area contributed by atoms with Gasteiger partial charge in [-0.3, -0.25) is 4.79 Å². The van der Waals surface area contributed by atoms with Gasteiger partial charge in [-0.2, -0.15) is 0 Å². The first-order valence-electron chi connectivity index (χ1n) is 8.39. The van der Waals surface area contributed by atoms with Crippen LogP contribution in [0.2, 0.25) is 0 Å². The maximum atomic E-state index is 12.4. The highest BCUT2D eigenvalue weighted by Crippen LogP contribution is 2.29. The molecule has 0 spiro atoms. The van der Waals surface area contributed by atoms with Crippen molar-refractivity contribution in [3.8, 4) is 17.2 Å². The van der Waals surface area contributed by atoms with Gasteiger partial charge in [0.15, 0.2) is 11.5 Å². The highest BCUT2D eigenvalue weighted by molar-refractivity contribution is 6.02. The van der Waals surface area contributed by atoms with Crippen molar-refractivity contribution in [1.29, 1.82) is 0 Å². The van der Waals surface area contributed by atoms with E-state index in [0.29, 0.717) is 23.0 Å². The molecule has 28 heavy (non-hydrogen) atoms. The molecule has 0 fully saturated rings. The van der Waals surface area contributed by atoms with Gasteiger partial charge >= 0.3 is 0 Å². The van der Waals surface area contributed by atoms with Crippen molar-refractivity contribution in [2.24, 2.45) is 0 Å². The smallest absolute Gasteiger partial charge is 0.275 e. The summed E-state index contributed by atoms with van der Waals surface area (Å²) < 4.78 is 15.6. The molecule has 0 unspecified atom stereocenters. The van der Waals surface area contributed by atoms with E-state index in [1.54, 1.807) is 32.4 Å². The van der Waals surface area contributed by atoms with Crippen LogP contribution in [-0.4, -0.2) is 37.2 Å². The molecule has 0 aliphatic carbocycles. The fourth-order valence-electron chi connectivity index (χ4n) is 2.47. The number of ether oxygens (including phenoxy) is 3. The molecule has 0 atom stereocenters. The molecular formula is C20H20N4O4. The fourth-order valence-corrected chi connectivity index (χ4v) is 2.47. The summed E-state index contributed by atoms with van der Waals surface area (Å²) in [5.74, 6) is 1.95. The molecule has 0 saturated carbocycles. The molecule has 0 aliphatic rings. The van der Waals surface area contributed by atoms with E-state index in [0.717, 1.165) is 11.4 Å². The Morgan fingerprint density at radius 3 is 2.36 bits per heavy atom. The second-order valence-corrected chi connectivity index (χ2v) is 5.67. The van der Waals surface area contributed by atoms with Crippen LogP contribution < -0.4 is 24.8 Å². The lowest BCUT2D eigenvalue weighted by molar-refractivity contribution is 0.102. The molecule has 0 radical (unpaired) electrons. The van der Waals surface area contributed by atoms with Crippen molar-refractivity contribution < 1.29 is 19.0 Å². The van der Waals surface area contributed by atoms with E-state index in [9.17, 15) is 4.79 Å². The quantitative estimate of drug-likeness (QED) is 0.648. The summed E-state index contributed by atoms with van der Waals surface area (Å²) in [4.78, 5) is 20.8. The average Bonchev–Trinajstić information content (AvgIpc) is 2.74. The van der Waals surface area contributed by atoms with E-state index in [2.05, 4.69) is 20.6 Å². The normalized spacial score (nSPS) is 10.1. The Balaban J connectivity index is 1.68. The zero-order valence-electron chi connectivity index (χ0n) is 15.7. The highest BCUT2D eigenvalue weighted by atomic mass is 16.5. The molecule has 144 valence electrons. The Bertz CT molecular complexity index is 961. The Labute approximate surface area is 162 Å². The number of anilines is 3. The molecule has 8 heteroatoms. The number of nitrogens with one attached hydrogen (secondary N) is 2. The van der Waals surface area contributed by atoms with Crippen molar-refractivity contribution in [3.63, 3.8) is 0 Å². The minimum Gasteiger partial charge on any atom is -0.497 e. The van der Waals surface area contributed by atoms with Crippen LogP contribution in [-0.2, 0) is 0 Å². The molecule has 0 aliphatic heterocycles. The number of rotatable bonds is 7. The van der Waals surface area contributed by atoms with Crippen LogP contribution in [0.4, 0.5) is 17.2 Å². The van der Waals surface area contributed by atoms with Gasteiger partial charge < -0.3 is 24.8 Å². The minimum absolute atomic E-state index is 0.186. The van der Waals surface area contributed by atoms with Gasteiger partial charge in [-0.25, -0.2) is 9.97 Å². The number of hydrogen-bond donors (Lipinski definition) is 2. The van der Waals surface area contributed by atoms with E-state index in [1.807, 2.05) is 24.3 Å². The van der Waals surface area contributed by atoms with Crippen LogP contribution in [0.3, 0.4) is 0 Å². The SMILES string of the molecule is COc1cccc(Nc2cnc(C(=O)Nc3ccc(OC)c(OC)c3)cn2)c1. The maximum absolute atomic E-state index is 12.4. The summed E-state index contributed by atoms with van der Waals surface area (Å²) >= 11 is 0. The molecule has 2 aromatic carbocycles.